The Hall–Kier alpha value is -1.56. The van der Waals surface area contributed by atoms with Crippen LogP contribution in [0.2, 0.25) is 0 Å². The number of aryl methyl sites for hydroxylation is 2. The molecular weight excluding hydrogens is 232 g/mol. The van der Waals surface area contributed by atoms with E-state index in [9.17, 15) is 9.59 Å². The number of nitrogens with one attached hydrogen (secondary N) is 1. The molecular formula is C9H11ClN4O2. The zero-order valence-electron chi connectivity index (χ0n) is 9.11. The molecule has 16 heavy (non-hydrogen) atoms. The van der Waals surface area contributed by atoms with Crippen molar-refractivity contribution in [1.82, 2.24) is 19.1 Å². The predicted molar refractivity (Wildman–Crippen MR) is 60.8 cm³/mol. The van der Waals surface area contributed by atoms with Crippen LogP contribution in [0.25, 0.3) is 11.2 Å². The molecule has 0 fully saturated rings. The summed E-state index contributed by atoms with van der Waals surface area (Å²) < 4.78 is 2.89. The van der Waals surface area contributed by atoms with E-state index in [1.807, 2.05) is 0 Å². The molecule has 0 amide bonds. The van der Waals surface area contributed by atoms with Gasteiger partial charge in [0.1, 0.15) is 5.82 Å². The second-order valence-electron chi connectivity index (χ2n) is 3.64. The number of nitrogens with zero attached hydrogens (tertiary/aromatic N) is 3. The lowest BCUT2D eigenvalue weighted by molar-refractivity contribution is 0.809. The number of rotatable bonds is 1. The van der Waals surface area contributed by atoms with Crippen LogP contribution in [-0.2, 0) is 14.1 Å². The summed E-state index contributed by atoms with van der Waals surface area (Å²) in [7, 11) is 3.25. The maximum Gasteiger partial charge on any atom is 0.329 e. The van der Waals surface area contributed by atoms with Crippen molar-refractivity contribution in [3.63, 3.8) is 0 Å². The molecule has 1 atom stereocenters. The van der Waals surface area contributed by atoms with E-state index in [2.05, 4.69) is 9.97 Å². The van der Waals surface area contributed by atoms with Crippen LogP contribution in [0.4, 0.5) is 0 Å². The number of H-pyrrole nitrogens is 1. The van der Waals surface area contributed by atoms with Crippen LogP contribution in [0.3, 0.4) is 0 Å². The van der Waals surface area contributed by atoms with Gasteiger partial charge in [0.15, 0.2) is 11.2 Å². The first kappa shape index (κ1) is 10.9. The third kappa shape index (κ3) is 1.37. The highest BCUT2D eigenvalue weighted by Gasteiger charge is 2.17. The highest BCUT2D eigenvalue weighted by atomic mass is 35.5. The minimum Gasteiger partial charge on any atom is -0.324 e. The van der Waals surface area contributed by atoms with Crippen molar-refractivity contribution in [2.75, 3.05) is 0 Å². The predicted octanol–water partition coefficient (Wildman–Crippen LogP) is 0.260. The molecule has 2 aromatic heterocycles. The minimum absolute atomic E-state index is 0.327. The molecule has 0 unspecified atom stereocenters. The van der Waals surface area contributed by atoms with Crippen LogP contribution in [0.1, 0.15) is 18.1 Å². The van der Waals surface area contributed by atoms with Crippen LogP contribution in [0.5, 0.6) is 0 Å². The van der Waals surface area contributed by atoms with Gasteiger partial charge in [0.05, 0.1) is 5.38 Å². The fourth-order valence-electron chi connectivity index (χ4n) is 1.68. The summed E-state index contributed by atoms with van der Waals surface area (Å²) in [6, 6.07) is 0. The van der Waals surface area contributed by atoms with Crippen LogP contribution in [0.15, 0.2) is 9.59 Å². The largest absolute Gasteiger partial charge is 0.329 e. The first-order valence-electron chi connectivity index (χ1n) is 4.73. The van der Waals surface area contributed by atoms with Gasteiger partial charge in [-0.1, -0.05) is 0 Å². The van der Waals surface area contributed by atoms with Gasteiger partial charge in [-0.15, -0.1) is 11.6 Å². The summed E-state index contributed by atoms with van der Waals surface area (Å²) in [6.45, 7) is 1.76. The van der Waals surface area contributed by atoms with E-state index >= 15 is 0 Å². The Morgan fingerprint density at radius 2 is 1.94 bits per heavy atom. The molecule has 0 aliphatic carbocycles. The average Bonchev–Trinajstić information content (AvgIpc) is 2.53. The molecule has 0 aliphatic heterocycles. The van der Waals surface area contributed by atoms with Crippen molar-refractivity contribution in [3.8, 4) is 0 Å². The van der Waals surface area contributed by atoms with Crippen LogP contribution in [0, 0.1) is 0 Å². The second-order valence-corrected chi connectivity index (χ2v) is 4.29. The number of fused-ring (bicyclic) bond motifs is 1. The zero-order valence-corrected chi connectivity index (χ0v) is 9.87. The van der Waals surface area contributed by atoms with Crippen molar-refractivity contribution in [2.45, 2.75) is 12.3 Å². The fourth-order valence-corrected chi connectivity index (χ4v) is 1.88. The lowest BCUT2D eigenvalue weighted by Gasteiger charge is -2.01. The smallest absolute Gasteiger partial charge is 0.324 e. The summed E-state index contributed by atoms with van der Waals surface area (Å²) in [6.07, 6.45) is 0. The Morgan fingerprint density at radius 3 is 2.50 bits per heavy atom. The number of hydrogen-bond donors (Lipinski definition) is 1. The molecule has 7 heteroatoms. The van der Waals surface area contributed by atoms with Gasteiger partial charge in [-0.25, -0.2) is 9.78 Å². The second kappa shape index (κ2) is 3.48. The van der Waals surface area contributed by atoms with E-state index in [0.717, 1.165) is 0 Å². The molecule has 0 spiro atoms. The first-order valence-corrected chi connectivity index (χ1v) is 5.16. The van der Waals surface area contributed by atoms with Crippen molar-refractivity contribution >= 4 is 22.8 Å². The third-order valence-corrected chi connectivity index (χ3v) is 2.72. The van der Waals surface area contributed by atoms with Crippen molar-refractivity contribution in [2.24, 2.45) is 14.1 Å². The molecule has 2 aromatic rings. The summed E-state index contributed by atoms with van der Waals surface area (Å²) in [5.74, 6) is 0.559. The molecule has 0 aliphatic rings. The normalized spacial score (nSPS) is 13.2. The topological polar surface area (TPSA) is 72.7 Å². The Bertz CT molecular complexity index is 664. The van der Waals surface area contributed by atoms with Crippen molar-refractivity contribution < 1.29 is 0 Å². The Kier molecular flexibility index (Phi) is 2.38. The number of halogens is 1. The number of imidazole rings is 1. The Labute approximate surface area is 95.5 Å². The lowest BCUT2D eigenvalue weighted by atomic mass is 10.4. The van der Waals surface area contributed by atoms with Crippen molar-refractivity contribution in [1.29, 1.82) is 0 Å². The first-order chi connectivity index (χ1) is 7.43. The Balaban J connectivity index is 3.02. The molecule has 86 valence electrons. The molecule has 0 aromatic carbocycles. The maximum absolute atomic E-state index is 11.6. The number of aromatic amines is 1. The average molecular weight is 243 g/mol. The highest BCUT2D eigenvalue weighted by Crippen LogP contribution is 2.20. The lowest BCUT2D eigenvalue weighted by Crippen LogP contribution is -2.29. The van der Waals surface area contributed by atoms with Crippen molar-refractivity contribution in [3.05, 3.63) is 26.7 Å². The molecule has 0 bridgehead atoms. The summed E-state index contributed by atoms with van der Waals surface area (Å²) in [5.41, 5.74) is -0.232. The summed E-state index contributed by atoms with van der Waals surface area (Å²) in [5, 5.41) is -0.327. The van der Waals surface area contributed by atoms with Gasteiger partial charge in [-0.2, -0.15) is 0 Å². The van der Waals surface area contributed by atoms with Gasteiger partial charge < -0.3 is 4.57 Å². The van der Waals surface area contributed by atoms with E-state index in [1.54, 1.807) is 25.6 Å². The molecule has 0 saturated carbocycles. The van der Waals surface area contributed by atoms with Gasteiger partial charge in [-0.3, -0.25) is 14.3 Å². The molecule has 0 saturated heterocycles. The molecule has 0 radical (unpaired) electrons. The molecule has 6 nitrogen and oxygen atoms in total. The summed E-state index contributed by atoms with van der Waals surface area (Å²) >= 11 is 5.94. The van der Waals surface area contributed by atoms with Gasteiger partial charge in [0.2, 0.25) is 0 Å². The number of hydrogen-bond acceptors (Lipinski definition) is 3. The molecule has 2 heterocycles. The SMILES string of the molecule is C[C@@H](Cl)c1nc2c(c(=O)[nH]c(=O)n2C)n1C. The number of aromatic nitrogens is 4. The minimum atomic E-state index is -0.482. The van der Waals surface area contributed by atoms with Gasteiger partial charge >= 0.3 is 5.69 Å². The zero-order chi connectivity index (χ0) is 12.0. The molecule has 1 N–H and O–H groups in total. The third-order valence-electron chi connectivity index (χ3n) is 2.52. The fraction of sp³-hybridized carbons (Fsp3) is 0.444. The van der Waals surface area contributed by atoms with E-state index in [4.69, 9.17) is 11.6 Å². The van der Waals surface area contributed by atoms with E-state index in [1.165, 1.54) is 4.57 Å². The Morgan fingerprint density at radius 1 is 1.31 bits per heavy atom. The standard InChI is InChI=1S/C9H11ClN4O2/c1-4(10)6-11-7-5(13(6)2)8(15)12-9(16)14(7)3/h4H,1-3H3,(H,12,15,16)/t4-/m1/s1. The quantitative estimate of drug-likeness (QED) is 0.729. The van der Waals surface area contributed by atoms with E-state index in [-0.39, 0.29) is 5.38 Å². The van der Waals surface area contributed by atoms with Crippen LogP contribution in [-0.4, -0.2) is 19.1 Å². The van der Waals surface area contributed by atoms with Gasteiger partial charge in [0.25, 0.3) is 5.56 Å². The maximum atomic E-state index is 11.6. The van der Waals surface area contributed by atoms with E-state index < -0.39 is 11.2 Å². The molecule has 2 rings (SSSR count). The summed E-state index contributed by atoms with van der Waals surface area (Å²) in [4.78, 5) is 29.4. The van der Waals surface area contributed by atoms with Crippen LogP contribution < -0.4 is 11.2 Å². The number of alkyl halides is 1. The van der Waals surface area contributed by atoms with E-state index in [0.29, 0.717) is 17.0 Å². The highest BCUT2D eigenvalue weighted by molar-refractivity contribution is 6.20. The monoisotopic (exact) mass is 242 g/mol. The van der Waals surface area contributed by atoms with Crippen LogP contribution >= 0.6 is 11.6 Å². The van der Waals surface area contributed by atoms with Gasteiger partial charge in [-0.05, 0) is 6.92 Å². The van der Waals surface area contributed by atoms with Gasteiger partial charge in [0, 0.05) is 14.1 Å².